The Morgan fingerprint density at radius 2 is 1.88 bits per heavy atom. The third-order valence-corrected chi connectivity index (χ3v) is 3.43. The van der Waals surface area contributed by atoms with Crippen molar-refractivity contribution in [3.8, 4) is 5.75 Å². The second-order valence-corrected chi connectivity index (χ2v) is 6.11. The third kappa shape index (κ3) is 5.89. The van der Waals surface area contributed by atoms with Crippen LogP contribution in [0.4, 0.5) is 0 Å². The van der Waals surface area contributed by atoms with Crippen molar-refractivity contribution >= 4 is 31.9 Å². The van der Waals surface area contributed by atoms with Crippen LogP contribution in [0.2, 0.25) is 0 Å². The standard InChI is InChI=1S/C13H18Br2O2/c1-13(2,3)17-7-6-16-11-4-5-12(15)10(8-11)9-14/h4-5,8H,6-7,9H2,1-3H3. The number of hydrogen-bond donors (Lipinski definition) is 0. The lowest BCUT2D eigenvalue weighted by Gasteiger charge is -2.19. The molecule has 0 fully saturated rings. The fourth-order valence-corrected chi connectivity index (χ4v) is 2.48. The molecule has 0 radical (unpaired) electrons. The molecular weight excluding hydrogens is 348 g/mol. The van der Waals surface area contributed by atoms with Crippen molar-refractivity contribution in [2.24, 2.45) is 0 Å². The van der Waals surface area contributed by atoms with E-state index in [0.717, 1.165) is 15.6 Å². The van der Waals surface area contributed by atoms with E-state index in [1.807, 2.05) is 39.0 Å². The lowest BCUT2D eigenvalue weighted by molar-refractivity contribution is -0.0163. The number of alkyl halides is 1. The van der Waals surface area contributed by atoms with E-state index in [1.54, 1.807) is 0 Å². The Labute approximate surface area is 120 Å². The summed E-state index contributed by atoms with van der Waals surface area (Å²) >= 11 is 6.93. The first-order valence-corrected chi connectivity index (χ1v) is 7.45. The van der Waals surface area contributed by atoms with Crippen LogP contribution < -0.4 is 4.74 Å². The number of ether oxygens (including phenoxy) is 2. The monoisotopic (exact) mass is 364 g/mol. The summed E-state index contributed by atoms with van der Waals surface area (Å²) in [5.41, 5.74) is 1.07. The summed E-state index contributed by atoms with van der Waals surface area (Å²) in [5.74, 6) is 0.875. The molecule has 2 nitrogen and oxygen atoms in total. The van der Waals surface area contributed by atoms with Crippen LogP contribution in [0.3, 0.4) is 0 Å². The zero-order chi connectivity index (χ0) is 12.9. The van der Waals surface area contributed by atoms with Crippen LogP contribution >= 0.6 is 31.9 Å². The summed E-state index contributed by atoms with van der Waals surface area (Å²) in [6, 6.07) is 5.97. The van der Waals surface area contributed by atoms with Crippen LogP contribution in [0, 0.1) is 0 Å². The number of halogens is 2. The minimum Gasteiger partial charge on any atom is -0.491 e. The van der Waals surface area contributed by atoms with E-state index in [9.17, 15) is 0 Å². The van der Waals surface area contributed by atoms with Crippen molar-refractivity contribution in [1.29, 1.82) is 0 Å². The van der Waals surface area contributed by atoms with Gasteiger partial charge in [-0.2, -0.15) is 0 Å². The molecule has 0 heterocycles. The highest BCUT2D eigenvalue weighted by molar-refractivity contribution is 9.10. The highest BCUT2D eigenvalue weighted by Crippen LogP contribution is 2.24. The van der Waals surface area contributed by atoms with Crippen molar-refractivity contribution in [2.75, 3.05) is 13.2 Å². The Bertz CT molecular complexity index is 359. The molecule has 0 saturated heterocycles. The SMILES string of the molecule is CC(C)(C)OCCOc1ccc(Br)c(CBr)c1. The van der Waals surface area contributed by atoms with Gasteiger partial charge in [0.15, 0.2) is 0 Å². The largest absolute Gasteiger partial charge is 0.491 e. The maximum absolute atomic E-state index is 5.63. The highest BCUT2D eigenvalue weighted by atomic mass is 79.9. The van der Waals surface area contributed by atoms with Crippen molar-refractivity contribution in [1.82, 2.24) is 0 Å². The van der Waals surface area contributed by atoms with Crippen molar-refractivity contribution in [3.63, 3.8) is 0 Å². The second kappa shape index (κ2) is 6.76. The summed E-state index contributed by atoms with van der Waals surface area (Å²) in [4.78, 5) is 0. The van der Waals surface area contributed by atoms with Crippen LogP contribution in [0.5, 0.6) is 5.75 Å². The first-order valence-electron chi connectivity index (χ1n) is 5.53. The van der Waals surface area contributed by atoms with E-state index < -0.39 is 0 Å². The van der Waals surface area contributed by atoms with Gasteiger partial charge >= 0.3 is 0 Å². The zero-order valence-electron chi connectivity index (χ0n) is 10.4. The van der Waals surface area contributed by atoms with Gasteiger partial charge in [0.05, 0.1) is 12.2 Å². The molecule has 0 atom stereocenters. The topological polar surface area (TPSA) is 18.5 Å². The fraction of sp³-hybridized carbons (Fsp3) is 0.538. The lowest BCUT2D eigenvalue weighted by atomic mass is 10.2. The summed E-state index contributed by atoms with van der Waals surface area (Å²) in [7, 11) is 0. The van der Waals surface area contributed by atoms with Crippen LogP contribution in [0.15, 0.2) is 22.7 Å². The molecular formula is C13H18Br2O2. The van der Waals surface area contributed by atoms with E-state index in [1.165, 1.54) is 5.56 Å². The van der Waals surface area contributed by atoms with Crippen molar-refractivity contribution < 1.29 is 9.47 Å². The van der Waals surface area contributed by atoms with Gasteiger partial charge in [-0.15, -0.1) is 0 Å². The fourth-order valence-electron chi connectivity index (χ4n) is 1.25. The molecule has 0 aliphatic heterocycles. The summed E-state index contributed by atoms with van der Waals surface area (Å²) < 4.78 is 12.3. The molecule has 4 heteroatoms. The molecule has 0 aliphatic carbocycles. The summed E-state index contributed by atoms with van der Waals surface area (Å²) in [6.07, 6.45) is 0. The average Bonchev–Trinajstić information content (AvgIpc) is 2.25. The van der Waals surface area contributed by atoms with Crippen molar-refractivity contribution in [3.05, 3.63) is 28.2 Å². The predicted octanol–water partition coefficient (Wildman–Crippen LogP) is 4.54. The molecule has 0 aromatic heterocycles. The van der Waals surface area contributed by atoms with Crippen LogP contribution in [0.1, 0.15) is 26.3 Å². The maximum atomic E-state index is 5.63. The van der Waals surface area contributed by atoms with E-state index in [4.69, 9.17) is 9.47 Å². The first-order chi connectivity index (χ1) is 7.92. The van der Waals surface area contributed by atoms with Gasteiger partial charge in [-0.3, -0.25) is 0 Å². The molecule has 1 rings (SSSR count). The van der Waals surface area contributed by atoms with Gasteiger partial charge in [0.25, 0.3) is 0 Å². The van der Waals surface area contributed by atoms with Gasteiger partial charge in [0.1, 0.15) is 12.4 Å². The Morgan fingerprint density at radius 1 is 1.18 bits per heavy atom. The summed E-state index contributed by atoms with van der Waals surface area (Å²) in [5, 5.41) is 0.809. The molecule has 17 heavy (non-hydrogen) atoms. The molecule has 0 saturated carbocycles. The Kier molecular flexibility index (Phi) is 5.97. The van der Waals surface area contributed by atoms with Gasteiger partial charge in [0.2, 0.25) is 0 Å². The average molecular weight is 366 g/mol. The molecule has 0 spiro atoms. The Morgan fingerprint density at radius 3 is 2.47 bits per heavy atom. The Hall–Kier alpha value is -0.0600. The smallest absolute Gasteiger partial charge is 0.119 e. The van der Waals surface area contributed by atoms with E-state index >= 15 is 0 Å². The molecule has 0 aliphatic rings. The quantitative estimate of drug-likeness (QED) is 0.563. The number of hydrogen-bond acceptors (Lipinski definition) is 2. The minimum absolute atomic E-state index is 0.107. The van der Waals surface area contributed by atoms with E-state index in [-0.39, 0.29) is 5.60 Å². The van der Waals surface area contributed by atoms with Crippen LogP contribution in [-0.2, 0) is 10.1 Å². The molecule has 0 amide bonds. The van der Waals surface area contributed by atoms with E-state index in [2.05, 4.69) is 31.9 Å². The predicted molar refractivity (Wildman–Crippen MR) is 78.0 cm³/mol. The van der Waals surface area contributed by atoms with Gasteiger partial charge < -0.3 is 9.47 Å². The third-order valence-electron chi connectivity index (χ3n) is 2.05. The number of rotatable bonds is 5. The second-order valence-electron chi connectivity index (χ2n) is 4.70. The zero-order valence-corrected chi connectivity index (χ0v) is 13.6. The highest BCUT2D eigenvalue weighted by Gasteiger charge is 2.09. The molecule has 0 N–H and O–H groups in total. The van der Waals surface area contributed by atoms with Crippen LogP contribution in [-0.4, -0.2) is 18.8 Å². The first kappa shape index (κ1) is 15.0. The normalized spacial score (nSPS) is 11.6. The van der Waals surface area contributed by atoms with Gasteiger partial charge in [-0.25, -0.2) is 0 Å². The molecule has 96 valence electrons. The van der Waals surface area contributed by atoms with E-state index in [0.29, 0.717) is 13.2 Å². The molecule has 1 aromatic rings. The van der Waals surface area contributed by atoms with Gasteiger partial charge in [0, 0.05) is 9.80 Å². The molecule has 0 unspecified atom stereocenters. The van der Waals surface area contributed by atoms with Gasteiger partial charge in [-0.1, -0.05) is 31.9 Å². The lowest BCUT2D eigenvalue weighted by Crippen LogP contribution is -2.22. The minimum atomic E-state index is -0.107. The van der Waals surface area contributed by atoms with Gasteiger partial charge in [-0.05, 0) is 44.5 Å². The molecule has 1 aromatic carbocycles. The molecule has 0 bridgehead atoms. The van der Waals surface area contributed by atoms with Crippen LogP contribution in [0.25, 0.3) is 0 Å². The maximum Gasteiger partial charge on any atom is 0.119 e. The van der Waals surface area contributed by atoms with Crippen molar-refractivity contribution in [2.45, 2.75) is 31.7 Å². The number of benzene rings is 1. The summed E-state index contributed by atoms with van der Waals surface area (Å²) in [6.45, 7) is 7.28. The Balaban J connectivity index is 2.42.